The molecule has 0 aliphatic rings. The molecule has 4 heteroatoms. The van der Waals surface area contributed by atoms with Gasteiger partial charge in [-0.2, -0.15) is 4.73 Å². The molecule has 2 rings (SSSR count). The first-order valence-corrected chi connectivity index (χ1v) is 6.53. The molecule has 17 heavy (non-hydrogen) atoms. The maximum Gasteiger partial charge on any atom is 0.251 e. The van der Waals surface area contributed by atoms with Gasteiger partial charge in [-0.1, -0.05) is 29.8 Å². The van der Waals surface area contributed by atoms with Crippen LogP contribution in [0.2, 0.25) is 5.02 Å². The Bertz CT molecular complexity index is 518. The van der Waals surface area contributed by atoms with Gasteiger partial charge in [0.25, 0.3) is 5.03 Å². The number of hydrogen-bond donors (Lipinski definition) is 0. The van der Waals surface area contributed by atoms with E-state index in [4.69, 9.17) is 11.6 Å². The summed E-state index contributed by atoms with van der Waals surface area (Å²) in [6.45, 7) is 2.04. The third kappa shape index (κ3) is 2.93. The van der Waals surface area contributed by atoms with Gasteiger partial charge in [-0.3, -0.25) is 0 Å². The fourth-order valence-electron chi connectivity index (χ4n) is 1.55. The van der Waals surface area contributed by atoms with Crippen LogP contribution < -0.4 is 4.73 Å². The number of rotatable bonds is 3. The minimum Gasteiger partial charge on any atom is -0.618 e. The molecule has 0 aliphatic carbocycles. The van der Waals surface area contributed by atoms with E-state index in [-0.39, 0.29) is 5.25 Å². The zero-order valence-electron chi connectivity index (χ0n) is 9.34. The Morgan fingerprint density at radius 2 is 1.88 bits per heavy atom. The second kappa shape index (κ2) is 5.43. The summed E-state index contributed by atoms with van der Waals surface area (Å²) in [5.41, 5.74) is 1.04. The minimum absolute atomic E-state index is 0.145. The highest BCUT2D eigenvalue weighted by molar-refractivity contribution is 7.99. The van der Waals surface area contributed by atoms with Gasteiger partial charge in [0.15, 0.2) is 6.20 Å². The lowest BCUT2D eigenvalue weighted by molar-refractivity contribution is -0.645. The summed E-state index contributed by atoms with van der Waals surface area (Å²) in [5, 5.41) is 13.1. The number of hydrogen-bond acceptors (Lipinski definition) is 2. The highest BCUT2D eigenvalue weighted by Gasteiger charge is 2.14. The lowest BCUT2D eigenvalue weighted by Crippen LogP contribution is -2.27. The molecule has 0 fully saturated rings. The van der Waals surface area contributed by atoms with Crippen molar-refractivity contribution >= 4 is 23.4 Å². The molecule has 0 saturated carbocycles. The van der Waals surface area contributed by atoms with Crippen molar-refractivity contribution in [2.75, 3.05) is 0 Å². The number of aromatic nitrogens is 1. The molecule has 0 amide bonds. The van der Waals surface area contributed by atoms with Gasteiger partial charge in [0.05, 0.1) is 0 Å². The quantitative estimate of drug-likeness (QED) is 0.479. The maximum atomic E-state index is 11.5. The number of thioether (sulfide) groups is 1. The summed E-state index contributed by atoms with van der Waals surface area (Å²) in [6, 6.07) is 13.1. The molecule has 0 aliphatic heterocycles. The van der Waals surface area contributed by atoms with Crippen LogP contribution in [0.15, 0.2) is 53.7 Å². The van der Waals surface area contributed by atoms with Gasteiger partial charge >= 0.3 is 0 Å². The van der Waals surface area contributed by atoms with E-state index in [1.54, 1.807) is 6.07 Å². The Hall–Kier alpha value is -1.19. The van der Waals surface area contributed by atoms with Crippen molar-refractivity contribution < 1.29 is 4.73 Å². The van der Waals surface area contributed by atoms with Crippen LogP contribution in [0.25, 0.3) is 0 Å². The Morgan fingerprint density at radius 3 is 2.59 bits per heavy atom. The predicted molar refractivity (Wildman–Crippen MR) is 71.1 cm³/mol. The van der Waals surface area contributed by atoms with Crippen molar-refractivity contribution in [3.63, 3.8) is 0 Å². The molecule has 1 aromatic heterocycles. The lowest BCUT2D eigenvalue weighted by Gasteiger charge is -2.12. The molecule has 1 aromatic carbocycles. The van der Waals surface area contributed by atoms with Crippen LogP contribution in [0.3, 0.4) is 0 Å². The van der Waals surface area contributed by atoms with Crippen LogP contribution in [-0.2, 0) is 0 Å². The lowest BCUT2D eigenvalue weighted by atomic mass is 10.2. The minimum atomic E-state index is 0.145. The van der Waals surface area contributed by atoms with Crippen molar-refractivity contribution in [1.82, 2.24) is 0 Å². The van der Waals surface area contributed by atoms with Crippen molar-refractivity contribution in [3.8, 4) is 0 Å². The molecule has 2 aromatic rings. The third-order valence-corrected chi connectivity index (χ3v) is 3.94. The highest BCUT2D eigenvalue weighted by Crippen LogP contribution is 2.36. The van der Waals surface area contributed by atoms with Crippen molar-refractivity contribution in [1.29, 1.82) is 0 Å². The molecular weight excluding hydrogens is 254 g/mol. The molecule has 0 saturated heterocycles. The molecule has 1 unspecified atom stereocenters. The van der Waals surface area contributed by atoms with Crippen LogP contribution in [0, 0.1) is 5.21 Å². The molecule has 2 nitrogen and oxygen atoms in total. The van der Waals surface area contributed by atoms with Crippen LogP contribution in [0.1, 0.15) is 17.7 Å². The first-order chi connectivity index (χ1) is 8.18. The van der Waals surface area contributed by atoms with Gasteiger partial charge in [-0.05, 0) is 36.4 Å². The van der Waals surface area contributed by atoms with Crippen LogP contribution >= 0.6 is 23.4 Å². The van der Waals surface area contributed by atoms with Crippen molar-refractivity contribution in [2.24, 2.45) is 0 Å². The summed E-state index contributed by atoms with van der Waals surface area (Å²) >= 11 is 7.63. The average Bonchev–Trinajstić information content (AvgIpc) is 2.32. The molecule has 1 heterocycles. The first kappa shape index (κ1) is 12.3. The molecule has 0 N–H and O–H groups in total. The topological polar surface area (TPSA) is 26.9 Å². The van der Waals surface area contributed by atoms with Crippen molar-refractivity contribution in [2.45, 2.75) is 17.2 Å². The molecule has 0 bridgehead atoms. The van der Waals surface area contributed by atoms with Gasteiger partial charge in [0.2, 0.25) is 0 Å². The Balaban J connectivity index is 2.20. The molecular formula is C13H12ClNOS. The number of nitrogens with zero attached hydrogens (tertiary/aromatic N) is 1. The van der Waals surface area contributed by atoms with E-state index in [0.29, 0.717) is 5.03 Å². The summed E-state index contributed by atoms with van der Waals surface area (Å²) < 4.78 is 0.873. The fourth-order valence-corrected chi connectivity index (χ4v) is 2.93. The van der Waals surface area contributed by atoms with E-state index in [1.165, 1.54) is 18.0 Å². The van der Waals surface area contributed by atoms with Gasteiger partial charge < -0.3 is 5.21 Å². The summed E-state index contributed by atoms with van der Waals surface area (Å²) in [4.78, 5) is 0. The Morgan fingerprint density at radius 1 is 1.18 bits per heavy atom. The van der Waals surface area contributed by atoms with Crippen molar-refractivity contribution in [3.05, 3.63) is 64.5 Å². The monoisotopic (exact) mass is 265 g/mol. The second-order valence-corrected chi connectivity index (χ2v) is 5.41. The van der Waals surface area contributed by atoms with Gasteiger partial charge in [-0.15, -0.1) is 0 Å². The standard InChI is InChI=1S/C13H12ClNOS/c1-10(11-6-2-3-7-12(11)14)17-13-8-4-5-9-15(13)16/h2-10H,1H3. The fraction of sp³-hybridized carbons (Fsp3) is 0.154. The summed E-state index contributed by atoms with van der Waals surface area (Å²) in [5.74, 6) is 0. The molecule has 88 valence electrons. The Labute approximate surface area is 110 Å². The largest absolute Gasteiger partial charge is 0.618 e. The Kier molecular flexibility index (Phi) is 3.92. The zero-order chi connectivity index (χ0) is 12.3. The van der Waals surface area contributed by atoms with Crippen LogP contribution in [-0.4, -0.2) is 0 Å². The summed E-state index contributed by atoms with van der Waals surface area (Å²) in [6.07, 6.45) is 1.50. The highest BCUT2D eigenvalue weighted by atomic mass is 35.5. The summed E-state index contributed by atoms with van der Waals surface area (Å²) in [7, 11) is 0. The van der Waals surface area contributed by atoms with E-state index in [2.05, 4.69) is 0 Å². The average molecular weight is 266 g/mol. The smallest absolute Gasteiger partial charge is 0.251 e. The van der Waals surface area contributed by atoms with E-state index in [0.717, 1.165) is 15.3 Å². The second-order valence-electron chi connectivity index (χ2n) is 3.65. The zero-order valence-corrected chi connectivity index (χ0v) is 10.9. The molecule has 0 radical (unpaired) electrons. The predicted octanol–water partition coefficient (Wildman–Crippen LogP) is 3.83. The van der Waals surface area contributed by atoms with E-state index < -0.39 is 0 Å². The SMILES string of the molecule is CC(Sc1cccc[n+]1[O-])c1ccccc1Cl. The van der Waals surface area contributed by atoms with Crippen LogP contribution in [0.5, 0.6) is 0 Å². The molecule has 0 spiro atoms. The third-order valence-electron chi connectivity index (χ3n) is 2.43. The van der Waals surface area contributed by atoms with Gasteiger partial charge in [0.1, 0.15) is 0 Å². The maximum absolute atomic E-state index is 11.5. The van der Waals surface area contributed by atoms with E-state index in [9.17, 15) is 5.21 Å². The number of pyridine rings is 1. The normalized spacial score (nSPS) is 12.4. The first-order valence-electron chi connectivity index (χ1n) is 5.28. The van der Waals surface area contributed by atoms with E-state index >= 15 is 0 Å². The van der Waals surface area contributed by atoms with Crippen LogP contribution in [0.4, 0.5) is 0 Å². The van der Waals surface area contributed by atoms with Gasteiger partial charge in [0, 0.05) is 22.4 Å². The van der Waals surface area contributed by atoms with Gasteiger partial charge in [-0.25, -0.2) is 0 Å². The van der Waals surface area contributed by atoms with E-state index in [1.807, 2.05) is 43.3 Å². The molecule has 1 atom stereocenters. The number of benzene rings is 1. The number of halogens is 1.